The molecule has 4 aliphatic rings. The van der Waals surface area contributed by atoms with Crippen molar-refractivity contribution in [1.29, 1.82) is 0 Å². The zero-order valence-electron chi connectivity index (χ0n) is 10.5. The molecule has 0 amide bonds. The lowest BCUT2D eigenvalue weighted by molar-refractivity contribution is -0.136. The first-order chi connectivity index (χ1) is 8.17. The normalized spacial score (nSPS) is 44.9. The molecule has 0 saturated heterocycles. The minimum absolute atomic E-state index is 0.169. The van der Waals surface area contributed by atoms with Gasteiger partial charge in [-0.1, -0.05) is 6.92 Å². The standard InChI is InChI=1S/C14H22O2S/c1-2-12(14(15)16)17-13-10-4-8-3-9(6-10)7-11(13)5-8/h8-13H,2-7H2,1H3,(H,15,16). The number of rotatable bonds is 4. The van der Waals surface area contributed by atoms with Crippen LogP contribution in [0.15, 0.2) is 0 Å². The smallest absolute Gasteiger partial charge is 0.316 e. The van der Waals surface area contributed by atoms with Gasteiger partial charge in [-0.15, -0.1) is 11.8 Å². The van der Waals surface area contributed by atoms with Gasteiger partial charge in [0.15, 0.2) is 0 Å². The maximum Gasteiger partial charge on any atom is 0.316 e. The molecule has 4 bridgehead atoms. The van der Waals surface area contributed by atoms with Gasteiger partial charge in [0, 0.05) is 5.25 Å². The van der Waals surface area contributed by atoms with E-state index < -0.39 is 5.97 Å². The van der Waals surface area contributed by atoms with Gasteiger partial charge in [0.25, 0.3) is 0 Å². The number of carboxylic acids is 1. The maximum atomic E-state index is 11.2. The highest BCUT2D eigenvalue weighted by molar-refractivity contribution is 8.01. The molecule has 3 heteroatoms. The van der Waals surface area contributed by atoms with Crippen molar-refractivity contribution in [3.05, 3.63) is 0 Å². The summed E-state index contributed by atoms with van der Waals surface area (Å²) in [5, 5.41) is 9.69. The van der Waals surface area contributed by atoms with E-state index in [9.17, 15) is 9.90 Å². The molecule has 0 aromatic carbocycles. The highest BCUT2D eigenvalue weighted by Gasteiger charge is 2.49. The van der Waals surface area contributed by atoms with Gasteiger partial charge >= 0.3 is 5.97 Å². The molecule has 1 atom stereocenters. The number of carboxylic acid groups (broad SMARTS) is 1. The third kappa shape index (κ3) is 2.11. The lowest BCUT2D eigenvalue weighted by Gasteiger charge is -2.54. The fraction of sp³-hybridized carbons (Fsp3) is 0.929. The van der Waals surface area contributed by atoms with Crippen molar-refractivity contribution in [2.24, 2.45) is 23.7 Å². The van der Waals surface area contributed by atoms with Crippen LogP contribution in [0, 0.1) is 23.7 Å². The van der Waals surface area contributed by atoms with Crippen molar-refractivity contribution in [3.63, 3.8) is 0 Å². The van der Waals surface area contributed by atoms with E-state index in [2.05, 4.69) is 0 Å². The Morgan fingerprint density at radius 1 is 1.18 bits per heavy atom. The van der Waals surface area contributed by atoms with Crippen LogP contribution in [0.3, 0.4) is 0 Å². The van der Waals surface area contributed by atoms with Crippen LogP contribution >= 0.6 is 11.8 Å². The van der Waals surface area contributed by atoms with E-state index in [4.69, 9.17) is 0 Å². The molecule has 0 aliphatic heterocycles. The average molecular weight is 254 g/mol. The molecule has 0 spiro atoms. The van der Waals surface area contributed by atoms with Crippen molar-refractivity contribution >= 4 is 17.7 Å². The second-order valence-electron chi connectivity index (χ2n) is 6.27. The van der Waals surface area contributed by atoms with Crippen LogP contribution in [0.25, 0.3) is 0 Å². The molecule has 96 valence electrons. The van der Waals surface area contributed by atoms with Crippen molar-refractivity contribution in [1.82, 2.24) is 0 Å². The maximum absolute atomic E-state index is 11.2. The van der Waals surface area contributed by atoms with Gasteiger partial charge in [-0.3, -0.25) is 4.79 Å². The Morgan fingerprint density at radius 2 is 1.71 bits per heavy atom. The summed E-state index contributed by atoms with van der Waals surface area (Å²) < 4.78 is 0. The summed E-state index contributed by atoms with van der Waals surface area (Å²) in [6.45, 7) is 2.00. The zero-order valence-corrected chi connectivity index (χ0v) is 11.3. The van der Waals surface area contributed by atoms with Crippen LogP contribution < -0.4 is 0 Å². The Kier molecular flexibility index (Phi) is 3.14. The Bertz CT molecular complexity index is 287. The lowest BCUT2D eigenvalue weighted by atomic mass is 9.56. The fourth-order valence-corrected chi connectivity index (χ4v) is 6.19. The molecule has 2 nitrogen and oxygen atoms in total. The van der Waals surface area contributed by atoms with Crippen LogP contribution in [-0.4, -0.2) is 21.6 Å². The molecule has 1 N–H and O–H groups in total. The summed E-state index contributed by atoms with van der Waals surface area (Å²) >= 11 is 1.79. The topological polar surface area (TPSA) is 37.3 Å². The monoisotopic (exact) mass is 254 g/mol. The van der Waals surface area contributed by atoms with Crippen LogP contribution in [0.4, 0.5) is 0 Å². The second-order valence-corrected chi connectivity index (χ2v) is 7.65. The molecule has 4 aliphatic carbocycles. The first-order valence-electron chi connectivity index (χ1n) is 7.05. The van der Waals surface area contributed by atoms with Crippen LogP contribution in [0.5, 0.6) is 0 Å². The molecule has 0 radical (unpaired) electrons. The van der Waals surface area contributed by atoms with Crippen LogP contribution in [0.2, 0.25) is 0 Å². The van der Waals surface area contributed by atoms with E-state index in [1.54, 1.807) is 11.8 Å². The summed E-state index contributed by atoms with van der Waals surface area (Å²) in [6, 6.07) is 0. The minimum Gasteiger partial charge on any atom is -0.480 e. The summed E-state index contributed by atoms with van der Waals surface area (Å²) in [7, 11) is 0. The Balaban J connectivity index is 1.69. The van der Waals surface area contributed by atoms with Gasteiger partial charge in [0.2, 0.25) is 0 Å². The van der Waals surface area contributed by atoms with Gasteiger partial charge < -0.3 is 5.11 Å². The number of hydrogen-bond acceptors (Lipinski definition) is 2. The highest BCUT2D eigenvalue weighted by atomic mass is 32.2. The van der Waals surface area contributed by atoms with Gasteiger partial charge in [-0.2, -0.15) is 0 Å². The van der Waals surface area contributed by atoms with Crippen molar-refractivity contribution in [3.8, 4) is 0 Å². The number of hydrogen-bond donors (Lipinski definition) is 1. The molecule has 0 aromatic rings. The van der Waals surface area contributed by atoms with E-state index in [0.717, 1.165) is 30.1 Å². The van der Waals surface area contributed by atoms with E-state index in [1.165, 1.54) is 32.1 Å². The molecule has 4 saturated carbocycles. The quantitative estimate of drug-likeness (QED) is 0.835. The molecule has 1 unspecified atom stereocenters. The third-order valence-corrected chi connectivity index (χ3v) is 7.06. The van der Waals surface area contributed by atoms with Gasteiger partial charge in [-0.05, 0) is 62.2 Å². The fourth-order valence-electron chi connectivity index (χ4n) is 4.62. The molecular formula is C14H22O2S. The van der Waals surface area contributed by atoms with Crippen molar-refractivity contribution < 1.29 is 9.90 Å². The molecule has 0 heterocycles. The predicted octanol–water partition coefficient (Wildman–Crippen LogP) is 3.41. The number of thioether (sulfide) groups is 1. The number of aliphatic carboxylic acids is 1. The summed E-state index contributed by atoms with van der Waals surface area (Å²) in [5.74, 6) is 3.04. The zero-order chi connectivity index (χ0) is 12.0. The summed E-state index contributed by atoms with van der Waals surface area (Å²) in [6.07, 6.45) is 7.80. The van der Waals surface area contributed by atoms with Gasteiger partial charge in [0.05, 0.1) is 0 Å². The van der Waals surface area contributed by atoms with E-state index in [1.807, 2.05) is 6.92 Å². The van der Waals surface area contributed by atoms with E-state index in [0.29, 0.717) is 5.25 Å². The Morgan fingerprint density at radius 3 is 2.12 bits per heavy atom. The Hall–Kier alpha value is -0.180. The largest absolute Gasteiger partial charge is 0.480 e. The van der Waals surface area contributed by atoms with Crippen molar-refractivity contribution in [2.45, 2.75) is 55.9 Å². The predicted molar refractivity (Wildman–Crippen MR) is 70.1 cm³/mol. The molecular weight excluding hydrogens is 232 g/mol. The first-order valence-corrected chi connectivity index (χ1v) is 8.00. The molecule has 0 aromatic heterocycles. The van der Waals surface area contributed by atoms with Crippen LogP contribution in [-0.2, 0) is 4.79 Å². The molecule has 17 heavy (non-hydrogen) atoms. The summed E-state index contributed by atoms with van der Waals surface area (Å²) in [4.78, 5) is 11.2. The van der Waals surface area contributed by atoms with E-state index in [-0.39, 0.29) is 5.25 Å². The van der Waals surface area contributed by atoms with Gasteiger partial charge in [0.1, 0.15) is 5.25 Å². The minimum atomic E-state index is -0.605. The number of carbonyl (C=O) groups is 1. The van der Waals surface area contributed by atoms with Gasteiger partial charge in [-0.25, -0.2) is 0 Å². The SMILES string of the molecule is CCC(SC1C2CC3CC(C2)CC1C3)C(=O)O. The van der Waals surface area contributed by atoms with E-state index >= 15 is 0 Å². The second kappa shape index (κ2) is 4.49. The molecule has 4 fully saturated rings. The first kappa shape index (κ1) is 11.9. The lowest BCUT2D eigenvalue weighted by Crippen LogP contribution is -2.47. The highest BCUT2D eigenvalue weighted by Crippen LogP contribution is 2.57. The van der Waals surface area contributed by atoms with Crippen LogP contribution in [0.1, 0.15) is 45.4 Å². The average Bonchev–Trinajstić information content (AvgIpc) is 2.27. The molecule has 4 rings (SSSR count). The Labute approximate surface area is 108 Å². The van der Waals surface area contributed by atoms with Crippen molar-refractivity contribution in [2.75, 3.05) is 0 Å². The summed E-state index contributed by atoms with van der Waals surface area (Å²) in [5.41, 5.74) is 0. The third-order valence-electron chi connectivity index (χ3n) is 5.11.